The maximum Gasteiger partial charge on any atom is 0.410 e. The van der Waals surface area contributed by atoms with Crippen LogP contribution >= 0.6 is 0 Å². The summed E-state index contributed by atoms with van der Waals surface area (Å²) < 4.78 is 66.5. The molecule has 2 N–H and O–H groups in total. The molecule has 2 saturated heterocycles. The Kier molecular flexibility index (Phi) is 11.7. The van der Waals surface area contributed by atoms with Gasteiger partial charge in [-0.3, -0.25) is 14.0 Å². The fourth-order valence-electron chi connectivity index (χ4n) is 7.15. The number of nitrogens with zero attached hydrogens (tertiary/aromatic N) is 6. The Morgan fingerprint density at radius 3 is 2.43 bits per heavy atom. The van der Waals surface area contributed by atoms with E-state index in [-0.39, 0.29) is 47.8 Å². The summed E-state index contributed by atoms with van der Waals surface area (Å²) in [6, 6.07) is 7.23. The number of carbonyl (C=O) groups excluding carboxylic acids is 3. The molecule has 3 amide bonds. The molecule has 17 heteroatoms. The minimum absolute atomic E-state index is 0.0129. The molecule has 2 aromatic carbocycles. The standard InChI is InChI=1S/C39H46F4N8O5/c1-6-25-19-26(47-34-35-46-20-29(50(35)14-13-44-34)28-9-10-30(55-37(42)43)33(41)32(28)40)7-8-27(25)36(53)45-12-11-31(52)48-15-17-51(5,18-16-48)23-24-21-49(22-24)38(54)56-39(2,3)4/h7-10,13-14,19-20,24,37H,6,11-12,15-18,21-23H2,1-5H3,(H-,44,45,47,53)/p+1. The topological polar surface area (TPSA) is 130 Å². The van der Waals surface area contributed by atoms with E-state index in [1.165, 1.54) is 23.0 Å². The summed E-state index contributed by atoms with van der Waals surface area (Å²) in [7, 11) is 2.20. The number of imidazole rings is 1. The van der Waals surface area contributed by atoms with E-state index in [1.54, 1.807) is 23.1 Å². The monoisotopic (exact) mass is 783 g/mol. The molecular formula is C39H47F4N8O5+. The normalized spacial score (nSPS) is 15.8. The number of likely N-dealkylation sites (tertiary alicyclic amines) is 1. The van der Waals surface area contributed by atoms with Crippen molar-refractivity contribution >= 4 is 35.1 Å². The van der Waals surface area contributed by atoms with Crippen molar-refractivity contribution in [2.75, 3.05) is 64.7 Å². The maximum atomic E-state index is 14.9. The number of alkyl halides is 2. The predicted molar refractivity (Wildman–Crippen MR) is 200 cm³/mol. The van der Waals surface area contributed by atoms with Crippen LogP contribution in [0.5, 0.6) is 5.75 Å². The minimum Gasteiger partial charge on any atom is -0.444 e. The highest BCUT2D eigenvalue weighted by Gasteiger charge is 2.40. The summed E-state index contributed by atoms with van der Waals surface area (Å²) in [5.41, 5.74) is 1.50. The number of nitrogens with one attached hydrogen (secondary N) is 2. The highest BCUT2D eigenvalue weighted by molar-refractivity contribution is 5.96. The molecule has 2 aliphatic heterocycles. The van der Waals surface area contributed by atoms with Gasteiger partial charge in [-0.25, -0.2) is 19.2 Å². The van der Waals surface area contributed by atoms with Gasteiger partial charge in [-0.2, -0.15) is 13.2 Å². The molecule has 0 bridgehead atoms. The minimum atomic E-state index is -3.31. The van der Waals surface area contributed by atoms with Crippen LogP contribution in [0, 0.1) is 17.6 Å². The van der Waals surface area contributed by atoms with Gasteiger partial charge in [0.25, 0.3) is 5.91 Å². The second-order valence-electron chi connectivity index (χ2n) is 15.5. The zero-order chi connectivity index (χ0) is 40.4. The molecule has 0 aliphatic carbocycles. The van der Waals surface area contributed by atoms with Gasteiger partial charge in [-0.05, 0) is 63.1 Å². The SMILES string of the molecule is CCc1cc(Nc2nccn3c(-c4ccc(OC(F)F)c(F)c4F)cnc23)ccc1C(=O)NCCC(=O)N1CC[N+](C)(CC2CN(C(=O)OC(C)(C)C)C2)CC1. The van der Waals surface area contributed by atoms with E-state index >= 15 is 0 Å². The van der Waals surface area contributed by atoms with E-state index in [9.17, 15) is 31.9 Å². The van der Waals surface area contributed by atoms with Gasteiger partial charge in [-0.15, -0.1) is 0 Å². The van der Waals surface area contributed by atoms with Crippen molar-refractivity contribution < 1.29 is 45.9 Å². The van der Waals surface area contributed by atoms with Gasteiger partial charge >= 0.3 is 12.7 Å². The Morgan fingerprint density at radius 2 is 1.75 bits per heavy atom. The van der Waals surface area contributed by atoms with Crippen molar-refractivity contribution in [2.24, 2.45) is 5.92 Å². The summed E-state index contributed by atoms with van der Waals surface area (Å²) in [4.78, 5) is 50.9. The number of aryl methyl sites for hydroxylation is 1. The second-order valence-corrected chi connectivity index (χ2v) is 15.5. The maximum absolute atomic E-state index is 14.9. The number of quaternary nitrogens is 1. The van der Waals surface area contributed by atoms with Gasteiger partial charge in [0.1, 0.15) is 5.60 Å². The zero-order valence-electron chi connectivity index (χ0n) is 32.1. The molecular weight excluding hydrogens is 736 g/mol. The van der Waals surface area contributed by atoms with E-state index in [0.717, 1.165) is 41.8 Å². The molecule has 6 rings (SSSR count). The number of benzene rings is 2. The Morgan fingerprint density at radius 1 is 1.02 bits per heavy atom. The van der Waals surface area contributed by atoms with E-state index in [4.69, 9.17) is 4.74 Å². The number of hydrogen-bond acceptors (Lipinski definition) is 8. The zero-order valence-corrected chi connectivity index (χ0v) is 32.1. The molecule has 0 saturated carbocycles. The van der Waals surface area contributed by atoms with Crippen LogP contribution < -0.4 is 15.4 Å². The number of likely N-dealkylation sites (N-methyl/N-ethyl adjacent to an activating group) is 1. The first kappa shape index (κ1) is 40.2. The number of piperazine rings is 1. The number of fused-ring (bicyclic) bond motifs is 1. The van der Waals surface area contributed by atoms with Crippen LogP contribution in [0.1, 0.15) is 50.0 Å². The highest BCUT2D eigenvalue weighted by atomic mass is 19.3. The number of halogens is 4. The van der Waals surface area contributed by atoms with Crippen molar-refractivity contribution in [1.29, 1.82) is 0 Å². The fraction of sp³-hybridized carbons (Fsp3) is 0.462. The molecule has 300 valence electrons. The van der Waals surface area contributed by atoms with Crippen molar-refractivity contribution in [3.63, 3.8) is 0 Å². The Balaban J connectivity index is 0.999. The molecule has 2 aliphatic rings. The van der Waals surface area contributed by atoms with Crippen molar-refractivity contribution in [2.45, 2.75) is 52.7 Å². The van der Waals surface area contributed by atoms with Gasteiger partial charge in [-0.1, -0.05) is 6.92 Å². The van der Waals surface area contributed by atoms with Crippen LogP contribution in [-0.4, -0.2) is 118 Å². The van der Waals surface area contributed by atoms with Crippen LogP contribution in [0.15, 0.2) is 48.9 Å². The van der Waals surface area contributed by atoms with Crippen molar-refractivity contribution in [1.82, 2.24) is 29.5 Å². The average molecular weight is 784 g/mol. The third kappa shape index (κ3) is 9.15. The predicted octanol–water partition coefficient (Wildman–Crippen LogP) is 5.86. The molecule has 2 fully saturated rings. The molecule has 0 spiro atoms. The summed E-state index contributed by atoms with van der Waals surface area (Å²) in [6.45, 7) is 9.56. The first-order chi connectivity index (χ1) is 26.5. The number of hydrogen-bond donors (Lipinski definition) is 2. The molecule has 4 heterocycles. The van der Waals surface area contributed by atoms with Crippen molar-refractivity contribution in [3.05, 3.63) is 71.7 Å². The average Bonchev–Trinajstić information content (AvgIpc) is 3.56. The van der Waals surface area contributed by atoms with E-state index in [2.05, 4.69) is 32.4 Å². The Hall–Kier alpha value is -5.45. The number of amides is 3. The number of rotatable bonds is 12. The van der Waals surface area contributed by atoms with Gasteiger partial charge < -0.3 is 34.4 Å². The number of carbonyl (C=O) groups is 3. The lowest BCUT2D eigenvalue weighted by Crippen LogP contribution is -2.63. The lowest BCUT2D eigenvalue weighted by atomic mass is 9.98. The van der Waals surface area contributed by atoms with Gasteiger partial charge in [0.15, 0.2) is 23.0 Å². The fourth-order valence-corrected chi connectivity index (χ4v) is 7.15. The first-order valence-electron chi connectivity index (χ1n) is 18.6. The quantitative estimate of drug-likeness (QED) is 0.135. The lowest BCUT2D eigenvalue weighted by molar-refractivity contribution is -0.916. The Bertz CT molecular complexity index is 2090. The molecule has 0 atom stereocenters. The van der Waals surface area contributed by atoms with Crippen LogP contribution in [-0.2, 0) is 16.0 Å². The van der Waals surface area contributed by atoms with Gasteiger partial charge in [0.2, 0.25) is 11.7 Å². The van der Waals surface area contributed by atoms with Crippen LogP contribution in [0.3, 0.4) is 0 Å². The molecule has 0 unspecified atom stereocenters. The summed E-state index contributed by atoms with van der Waals surface area (Å²) in [5, 5.41) is 6.05. The summed E-state index contributed by atoms with van der Waals surface area (Å²) in [6.07, 6.45) is 4.68. The van der Waals surface area contributed by atoms with Crippen LogP contribution in [0.25, 0.3) is 16.9 Å². The number of aromatic nitrogens is 3. The Labute approximate surface area is 322 Å². The molecule has 4 aromatic rings. The van der Waals surface area contributed by atoms with E-state index in [0.29, 0.717) is 55.6 Å². The van der Waals surface area contributed by atoms with Crippen LogP contribution in [0.2, 0.25) is 0 Å². The first-order valence-corrected chi connectivity index (χ1v) is 18.6. The third-order valence-corrected chi connectivity index (χ3v) is 10.1. The molecule has 56 heavy (non-hydrogen) atoms. The third-order valence-electron chi connectivity index (χ3n) is 10.1. The van der Waals surface area contributed by atoms with Crippen LogP contribution in [0.4, 0.5) is 33.9 Å². The number of ether oxygens (including phenoxy) is 2. The molecule has 2 aromatic heterocycles. The van der Waals surface area contributed by atoms with E-state index in [1.807, 2.05) is 32.6 Å². The molecule has 13 nitrogen and oxygen atoms in total. The largest absolute Gasteiger partial charge is 0.444 e. The highest BCUT2D eigenvalue weighted by Crippen LogP contribution is 2.33. The van der Waals surface area contributed by atoms with Crippen molar-refractivity contribution in [3.8, 4) is 17.0 Å². The van der Waals surface area contributed by atoms with Gasteiger partial charge in [0, 0.05) is 61.2 Å². The summed E-state index contributed by atoms with van der Waals surface area (Å²) >= 11 is 0. The molecule has 0 radical (unpaired) electrons. The smallest absolute Gasteiger partial charge is 0.410 e. The summed E-state index contributed by atoms with van der Waals surface area (Å²) in [5.74, 6) is -3.45. The lowest BCUT2D eigenvalue weighted by Gasteiger charge is -2.47. The van der Waals surface area contributed by atoms with E-state index < -0.39 is 29.6 Å². The van der Waals surface area contributed by atoms with Gasteiger partial charge in [0.05, 0.1) is 51.7 Å². The second kappa shape index (κ2) is 16.3. The number of anilines is 2.